The quantitative estimate of drug-likeness (QED) is 0.505. The summed E-state index contributed by atoms with van der Waals surface area (Å²) in [6.45, 7) is 1.99. The molecule has 12 heavy (non-hydrogen) atoms. The molecule has 6 heteroatoms. The van der Waals surface area contributed by atoms with Gasteiger partial charge in [0.05, 0.1) is 6.61 Å². The molecule has 0 rings (SSSR count). The zero-order valence-corrected chi connectivity index (χ0v) is 7.91. The van der Waals surface area contributed by atoms with Gasteiger partial charge in [0.2, 0.25) is 0 Å². The topological polar surface area (TPSA) is 18.5 Å². The van der Waals surface area contributed by atoms with Crippen molar-refractivity contribution >= 4 is 8.38 Å². The minimum atomic E-state index is -4.36. The molecule has 0 aliphatic rings. The molecule has 0 fully saturated rings. The Kier molecular flexibility index (Phi) is 5.80. The van der Waals surface area contributed by atoms with E-state index in [1.807, 2.05) is 6.92 Å². The van der Waals surface area contributed by atoms with Crippen molar-refractivity contribution < 1.29 is 22.2 Å². The molecule has 2 nitrogen and oxygen atoms in total. The van der Waals surface area contributed by atoms with Gasteiger partial charge in [-0.15, -0.1) is 0 Å². The van der Waals surface area contributed by atoms with E-state index in [1.54, 1.807) is 0 Å². The Morgan fingerprint density at radius 1 is 1.33 bits per heavy atom. The molecule has 1 atom stereocenters. The van der Waals surface area contributed by atoms with Crippen molar-refractivity contribution in [1.82, 2.24) is 0 Å². The summed E-state index contributed by atoms with van der Waals surface area (Å²) in [5.74, 6) is -4.36. The van der Waals surface area contributed by atoms with Gasteiger partial charge in [-0.25, -0.2) is 0 Å². The predicted molar refractivity (Wildman–Crippen MR) is 40.8 cm³/mol. The fourth-order valence-electron chi connectivity index (χ4n) is 0.521. The molecule has 0 aromatic rings. The third-order valence-electron chi connectivity index (χ3n) is 1.08. The molecule has 0 aromatic heterocycles. The van der Waals surface area contributed by atoms with Crippen LogP contribution in [0.5, 0.6) is 0 Å². The Labute approximate surface area is 71.0 Å². The summed E-state index contributed by atoms with van der Waals surface area (Å²) in [6.07, 6.45) is 1.43. The molecule has 0 N–H and O–H groups in total. The lowest BCUT2D eigenvalue weighted by molar-refractivity contribution is -0.0613. The zero-order valence-electron chi connectivity index (χ0n) is 7.02. The molecule has 0 bridgehead atoms. The first kappa shape index (κ1) is 12.1. The van der Waals surface area contributed by atoms with Crippen LogP contribution in [-0.4, -0.2) is 19.6 Å². The summed E-state index contributed by atoms with van der Waals surface area (Å²) in [5, 5.41) is 0. The van der Waals surface area contributed by atoms with Gasteiger partial charge in [0, 0.05) is 7.11 Å². The summed E-state index contributed by atoms with van der Waals surface area (Å²) in [5.41, 5.74) is 0. The van der Waals surface area contributed by atoms with Crippen LogP contribution in [0.3, 0.4) is 0 Å². The highest BCUT2D eigenvalue weighted by atomic mass is 31.2. The van der Waals surface area contributed by atoms with E-state index in [4.69, 9.17) is 0 Å². The predicted octanol–water partition coefficient (Wildman–Crippen LogP) is 3.28. The van der Waals surface area contributed by atoms with Gasteiger partial charge >= 0.3 is 5.92 Å². The molecule has 1 unspecified atom stereocenters. The van der Waals surface area contributed by atoms with E-state index in [2.05, 4.69) is 9.05 Å². The second-order valence-electron chi connectivity index (χ2n) is 2.09. The highest BCUT2D eigenvalue weighted by molar-refractivity contribution is 7.48. The minimum Gasteiger partial charge on any atom is -0.331 e. The molecule has 0 aromatic carbocycles. The number of hydrogen-bond acceptors (Lipinski definition) is 2. The minimum absolute atomic E-state index is 0.107. The van der Waals surface area contributed by atoms with Crippen LogP contribution in [0.1, 0.15) is 19.8 Å². The first-order valence-electron chi connectivity index (χ1n) is 3.56. The van der Waals surface area contributed by atoms with Gasteiger partial charge in [-0.1, -0.05) is 13.3 Å². The molecule has 0 heterocycles. The molecule has 0 amide bonds. The maximum absolute atomic E-state index is 11.9. The van der Waals surface area contributed by atoms with Gasteiger partial charge in [0.1, 0.15) is 0 Å². The second kappa shape index (κ2) is 5.73. The Hall–Kier alpha value is 0.140. The Morgan fingerprint density at radius 3 is 2.25 bits per heavy atom. The van der Waals surface area contributed by atoms with Crippen LogP contribution in [0.15, 0.2) is 0 Å². The largest absolute Gasteiger partial charge is 0.458 e. The van der Waals surface area contributed by atoms with Crippen LogP contribution < -0.4 is 0 Å². The molecule has 0 aliphatic carbocycles. The number of rotatable bonds is 5. The molecule has 0 aliphatic heterocycles. The normalized spacial score (nSPS) is 14.8. The van der Waals surface area contributed by atoms with E-state index in [-0.39, 0.29) is 6.61 Å². The summed E-state index contributed by atoms with van der Waals surface area (Å²) in [4.78, 5) is 0. The van der Waals surface area contributed by atoms with Crippen molar-refractivity contribution in [2.45, 2.75) is 25.7 Å². The van der Waals surface area contributed by atoms with Gasteiger partial charge < -0.3 is 9.05 Å². The number of alkyl halides is 3. The number of halogens is 3. The lowest BCUT2D eigenvalue weighted by Crippen LogP contribution is -2.08. The summed E-state index contributed by atoms with van der Waals surface area (Å²) < 4.78 is 44.5. The van der Waals surface area contributed by atoms with E-state index in [1.165, 1.54) is 0 Å². The molecule has 0 saturated carbocycles. The van der Waals surface area contributed by atoms with E-state index >= 15 is 0 Å². The Bertz CT molecular complexity index is 118. The number of hydrogen-bond donors (Lipinski definition) is 0. The highest BCUT2D eigenvalue weighted by Crippen LogP contribution is 2.54. The third kappa shape index (κ3) is 4.91. The summed E-state index contributed by atoms with van der Waals surface area (Å²) in [7, 11) is -1.71. The van der Waals surface area contributed by atoms with E-state index < -0.39 is 14.3 Å². The van der Waals surface area contributed by atoms with Crippen LogP contribution in [0.4, 0.5) is 13.2 Å². The second-order valence-corrected chi connectivity index (χ2v) is 3.74. The third-order valence-corrected chi connectivity index (χ3v) is 2.24. The van der Waals surface area contributed by atoms with Crippen molar-refractivity contribution in [2.24, 2.45) is 0 Å². The lowest BCUT2D eigenvalue weighted by Gasteiger charge is -2.16. The first-order chi connectivity index (χ1) is 5.52. The highest BCUT2D eigenvalue weighted by Gasteiger charge is 2.42. The Balaban J connectivity index is 3.68. The maximum atomic E-state index is 11.9. The molecular weight excluding hydrogens is 192 g/mol. The van der Waals surface area contributed by atoms with Crippen LogP contribution in [0.2, 0.25) is 0 Å². The van der Waals surface area contributed by atoms with Gasteiger partial charge in [-0.3, -0.25) is 0 Å². The summed E-state index contributed by atoms with van der Waals surface area (Å²) >= 11 is 0. The van der Waals surface area contributed by atoms with Crippen molar-refractivity contribution in [2.75, 3.05) is 13.7 Å². The van der Waals surface area contributed by atoms with E-state index in [9.17, 15) is 13.2 Å². The molecule has 0 radical (unpaired) electrons. The van der Waals surface area contributed by atoms with E-state index in [0.717, 1.165) is 13.5 Å². The molecule has 74 valence electrons. The summed E-state index contributed by atoms with van der Waals surface area (Å²) in [6, 6.07) is 0. The van der Waals surface area contributed by atoms with Gasteiger partial charge in [0.25, 0.3) is 8.38 Å². The van der Waals surface area contributed by atoms with Crippen LogP contribution in [0.25, 0.3) is 0 Å². The SMILES string of the molecule is CCCCOP(OC)C(F)(F)F. The van der Waals surface area contributed by atoms with Crippen molar-refractivity contribution in [3.63, 3.8) is 0 Å². The fourth-order valence-corrected chi connectivity index (χ4v) is 1.27. The van der Waals surface area contributed by atoms with Crippen LogP contribution >= 0.6 is 8.38 Å². The average Bonchev–Trinajstić information content (AvgIpc) is 1.95. The maximum Gasteiger partial charge on any atom is 0.458 e. The van der Waals surface area contributed by atoms with Gasteiger partial charge in [-0.2, -0.15) is 13.2 Å². The lowest BCUT2D eigenvalue weighted by atomic mass is 10.4. The average molecular weight is 204 g/mol. The molecular formula is C6H12F3O2P. The molecule has 0 spiro atoms. The molecule has 0 saturated heterocycles. The fraction of sp³-hybridized carbons (Fsp3) is 1.00. The number of unbranched alkanes of at least 4 members (excludes halogenated alkanes) is 1. The van der Waals surface area contributed by atoms with Crippen molar-refractivity contribution in [3.8, 4) is 0 Å². The smallest absolute Gasteiger partial charge is 0.331 e. The van der Waals surface area contributed by atoms with Crippen molar-refractivity contribution in [3.05, 3.63) is 0 Å². The van der Waals surface area contributed by atoms with Gasteiger partial charge in [-0.05, 0) is 6.42 Å². The standard InChI is InChI=1S/C6H12F3O2P/c1-3-4-5-11-12(10-2)6(7,8)9/h3-5H2,1-2H3. The van der Waals surface area contributed by atoms with Crippen molar-refractivity contribution in [1.29, 1.82) is 0 Å². The Morgan fingerprint density at radius 2 is 1.92 bits per heavy atom. The van der Waals surface area contributed by atoms with Crippen LogP contribution in [0, 0.1) is 0 Å². The first-order valence-corrected chi connectivity index (χ1v) is 4.74. The van der Waals surface area contributed by atoms with E-state index in [0.29, 0.717) is 6.42 Å². The zero-order chi connectivity index (χ0) is 9.61. The van der Waals surface area contributed by atoms with Gasteiger partial charge in [0.15, 0.2) is 0 Å². The monoisotopic (exact) mass is 204 g/mol. The van der Waals surface area contributed by atoms with Crippen LogP contribution in [-0.2, 0) is 9.05 Å².